The molecule has 162 valence electrons. The topological polar surface area (TPSA) is 66.5 Å². The van der Waals surface area contributed by atoms with Gasteiger partial charge in [-0.25, -0.2) is 9.78 Å². The molecule has 1 atom stereocenters. The van der Waals surface area contributed by atoms with E-state index >= 15 is 0 Å². The number of nitrogens with one attached hydrogen (secondary N) is 2. The van der Waals surface area contributed by atoms with Crippen molar-refractivity contribution in [2.24, 2.45) is 0 Å². The fourth-order valence-electron chi connectivity index (χ4n) is 3.42. The van der Waals surface area contributed by atoms with Crippen LogP contribution in [0, 0.1) is 0 Å². The van der Waals surface area contributed by atoms with E-state index in [1.165, 1.54) is 12.3 Å². The molecule has 0 radical (unpaired) electrons. The second-order valence-electron chi connectivity index (χ2n) is 7.14. The minimum Gasteiger partial charge on any atom is -0.468 e. The van der Waals surface area contributed by atoms with Crippen LogP contribution in [0.15, 0.2) is 48.7 Å². The number of aromatic nitrogens is 1. The molecule has 1 unspecified atom stereocenters. The van der Waals surface area contributed by atoms with Gasteiger partial charge in [0.15, 0.2) is 6.61 Å². The zero-order chi connectivity index (χ0) is 21.4. The number of hydrogen-bond acceptors (Lipinski definition) is 4. The summed E-state index contributed by atoms with van der Waals surface area (Å²) in [5, 5.41) is 5.62. The maximum atomic E-state index is 12.3. The first-order valence-electron chi connectivity index (χ1n) is 9.86. The van der Waals surface area contributed by atoms with Gasteiger partial charge in [0.25, 0.3) is 0 Å². The van der Waals surface area contributed by atoms with E-state index in [4.69, 9.17) is 0 Å². The lowest BCUT2D eigenvalue weighted by molar-refractivity contribution is -0.154. The number of ether oxygens (including phenoxy) is 1. The lowest BCUT2D eigenvalue weighted by Gasteiger charge is -2.28. The highest BCUT2D eigenvalue weighted by Gasteiger charge is 2.28. The van der Waals surface area contributed by atoms with Gasteiger partial charge in [-0.1, -0.05) is 30.3 Å². The minimum absolute atomic E-state index is 0.0998. The number of alkyl halides is 3. The third kappa shape index (κ3) is 6.91. The molecule has 0 spiro atoms. The van der Waals surface area contributed by atoms with Gasteiger partial charge in [-0.05, 0) is 43.1 Å². The van der Waals surface area contributed by atoms with E-state index in [-0.39, 0.29) is 24.5 Å². The number of nitrogens with zero attached hydrogens (tertiary/aromatic N) is 2. The number of halogens is 3. The summed E-state index contributed by atoms with van der Waals surface area (Å²) in [5.74, 6) is -0.134. The van der Waals surface area contributed by atoms with Crippen LogP contribution in [-0.2, 0) is 6.54 Å². The molecule has 2 N–H and O–H groups in total. The number of hydrogen-bond donors (Lipinski definition) is 2. The van der Waals surface area contributed by atoms with Crippen LogP contribution in [0.5, 0.6) is 5.88 Å². The highest BCUT2D eigenvalue weighted by Crippen LogP contribution is 2.24. The zero-order valence-electron chi connectivity index (χ0n) is 16.5. The molecule has 2 aromatic rings. The first-order chi connectivity index (χ1) is 14.4. The average molecular weight is 422 g/mol. The summed E-state index contributed by atoms with van der Waals surface area (Å²) in [6, 6.07) is 12.8. The van der Waals surface area contributed by atoms with Gasteiger partial charge in [0.05, 0.1) is 6.04 Å². The van der Waals surface area contributed by atoms with Crippen molar-refractivity contribution in [3.63, 3.8) is 0 Å². The molecule has 1 aromatic carbocycles. The van der Waals surface area contributed by atoms with E-state index in [1.54, 1.807) is 6.07 Å². The number of carbonyl (C=O) groups is 1. The van der Waals surface area contributed by atoms with Gasteiger partial charge in [-0.3, -0.25) is 4.90 Å². The summed E-state index contributed by atoms with van der Waals surface area (Å²) < 4.78 is 41.4. The molecule has 0 bridgehead atoms. The monoisotopic (exact) mass is 422 g/mol. The van der Waals surface area contributed by atoms with Crippen LogP contribution in [-0.4, -0.2) is 48.3 Å². The van der Waals surface area contributed by atoms with Crippen molar-refractivity contribution in [1.29, 1.82) is 0 Å². The van der Waals surface area contributed by atoms with E-state index in [2.05, 4.69) is 37.4 Å². The third-order valence-corrected chi connectivity index (χ3v) is 4.86. The van der Waals surface area contributed by atoms with Crippen molar-refractivity contribution in [3.05, 3.63) is 59.8 Å². The number of carbonyl (C=O) groups excluding carboxylic acids is 1. The van der Waals surface area contributed by atoms with E-state index in [9.17, 15) is 18.0 Å². The van der Waals surface area contributed by atoms with Crippen LogP contribution in [0.25, 0.3) is 0 Å². The van der Waals surface area contributed by atoms with Gasteiger partial charge in [-0.2, -0.15) is 13.2 Å². The largest absolute Gasteiger partial charge is 0.468 e. The summed E-state index contributed by atoms with van der Waals surface area (Å²) in [7, 11) is 0. The Hall–Kier alpha value is -2.81. The molecular weight excluding hydrogens is 397 g/mol. The predicted molar refractivity (Wildman–Crippen MR) is 106 cm³/mol. The summed E-state index contributed by atoms with van der Waals surface area (Å²) in [6.07, 6.45) is -0.785. The van der Waals surface area contributed by atoms with Crippen molar-refractivity contribution in [1.82, 2.24) is 20.5 Å². The first-order valence-corrected chi connectivity index (χ1v) is 9.86. The van der Waals surface area contributed by atoms with E-state index in [1.807, 2.05) is 18.2 Å². The number of urea groups is 1. The van der Waals surface area contributed by atoms with Crippen molar-refractivity contribution >= 4 is 6.03 Å². The van der Waals surface area contributed by atoms with E-state index < -0.39 is 12.8 Å². The van der Waals surface area contributed by atoms with Gasteiger partial charge in [0.2, 0.25) is 5.88 Å². The quantitative estimate of drug-likeness (QED) is 0.682. The molecule has 1 fully saturated rings. The standard InChI is InChI=1S/C21H25F3N4O2/c22-21(23,24)15-30-19-12-16(8-9-25-19)13-26-20(29)27-14-18(28-10-4-5-11-28)17-6-2-1-3-7-17/h1-3,6-9,12,18H,4-5,10-11,13-15H2,(H2,26,27,29). The van der Waals surface area contributed by atoms with Crippen LogP contribution in [0.4, 0.5) is 18.0 Å². The molecule has 3 rings (SSSR count). The molecular formula is C21H25F3N4O2. The van der Waals surface area contributed by atoms with Crippen LogP contribution < -0.4 is 15.4 Å². The average Bonchev–Trinajstić information content (AvgIpc) is 3.26. The van der Waals surface area contributed by atoms with Gasteiger partial charge < -0.3 is 15.4 Å². The highest BCUT2D eigenvalue weighted by atomic mass is 19.4. The normalized spacial score (nSPS) is 15.6. The molecule has 9 heteroatoms. The summed E-state index contributed by atoms with van der Waals surface area (Å²) in [4.78, 5) is 18.4. The van der Waals surface area contributed by atoms with Crippen LogP contribution in [0.3, 0.4) is 0 Å². The third-order valence-electron chi connectivity index (χ3n) is 4.86. The molecule has 1 aromatic heterocycles. The fraction of sp³-hybridized carbons (Fsp3) is 0.429. The Labute approximate surface area is 173 Å². The zero-order valence-corrected chi connectivity index (χ0v) is 16.5. The number of pyridine rings is 1. The van der Waals surface area contributed by atoms with Crippen molar-refractivity contribution in [3.8, 4) is 5.88 Å². The number of benzene rings is 1. The molecule has 0 saturated carbocycles. The summed E-state index contributed by atoms with van der Waals surface area (Å²) in [6.45, 7) is 1.21. The Balaban J connectivity index is 1.50. The Bertz CT molecular complexity index is 811. The Morgan fingerprint density at radius 2 is 1.87 bits per heavy atom. The lowest BCUT2D eigenvalue weighted by atomic mass is 10.1. The number of amides is 2. The smallest absolute Gasteiger partial charge is 0.422 e. The van der Waals surface area contributed by atoms with Crippen molar-refractivity contribution in [2.45, 2.75) is 31.6 Å². The van der Waals surface area contributed by atoms with Crippen molar-refractivity contribution in [2.75, 3.05) is 26.2 Å². The maximum Gasteiger partial charge on any atom is 0.422 e. The molecule has 6 nitrogen and oxygen atoms in total. The minimum atomic E-state index is -4.43. The molecule has 2 heterocycles. The second-order valence-corrected chi connectivity index (χ2v) is 7.14. The van der Waals surface area contributed by atoms with E-state index in [0.717, 1.165) is 31.5 Å². The van der Waals surface area contributed by atoms with E-state index in [0.29, 0.717) is 12.1 Å². The van der Waals surface area contributed by atoms with Gasteiger partial charge in [-0.15, -0.1) is 0 Å². The Morgan fingerprint density at radius 1 is 1.13 bits per heavy atom. The predicted octanol–water partition coefficient (Wildman–Crippen LogP) is 3.66. The first kappa shape index (κ1) is 21.9. The van der Waals surface area contributed by atoms with Gasteiger partial charge in [0, 0.05) is 25.4 Å². The molecule has 0 aliphatic carbocycles. The Morgan fingerprint density at radius 3 is 2.57 bits per heavy atom. The summed E-state index contributed by atoms with van der Waals surface area (Å²) >= 11 is 0. The fourth-order valence-corrected chi connectivity index (χ4v) is 3.42. The molecule has 1 saturated heterocycles. The van der Waals surface area contributed by atoms with Crippen molar-refractivity contribution < 1.29 is 22.7 Å². The number of rotatable bonds is 8. The lowest BCUT2D eigenvalue weighted by Crippen LogP contribution is -2.41. The van der Waals surface area contributed by atoms with Gasteiger partial charge in [0.1, 0.15) is 0 Å². The Kier molecular flexibility index (Phi) is 7.51. The molecule has 30 heavy (non-hydrogen) atoms. The highest BCUT2D eigenvalue weighted by molar-refractivity contribution is 5.73. The second kappa shape index (κ2) is 10.3. The maximum absolute atomic E-state index is 12.3. The molecule has 1 aliphatic heterocycles. The molecule has 1 aliphatic rings. The SMILES string of the molecule is O=C(NCc1ccnc(OCC(F)(F)F)c1)NCC(c1ccccc1)N1CCCC1. The number of likely N-dealkylation sites (tertiary alicyclic amines) is 1. The van der Waals surface area contributed by atoms with Crippen LogP contribution in [0.1, 0.15) is 30.0 Å². The van der Waals surface area contributed by atoms with Gasteiger partial charge >= 0.3 is 12.2 Å². The summed E-state index contributed by atoms with van der Waals surface area (Å²) in [5.41, 5.74) is 1.75. The molecule has 2 amide bonds. The van der Waals surface area contributed by atoms with Crippen LogP contribution >= 0.6 is 0 Å². The van der Waals surface area contributed by atoms with Crippen LogP contribution in [0.2, 0.25) is 0 Å².